The Labute approximate surface area is 152 Å². The molecule has 0 aromatic rings. The number of carboxylic acids is 4. The Balaban J connectivity index is -0.000000165. The first-order valence-corrected chi connectivity index (χ1v) is 4.10. The number of aliphatic hydroxyl groups is 1. The van der Waals surface area contributed by atoms with Gasteiger partial charge in [0, 0.05) is 6.92 Å². The minimum absolute atomic E-state index is 0. The minimum atomic E-state index is -2.74. The summed E-state index contributed by atoms with van der Waals surface area (Å²) in [6.07, 6.45) is -2.29. The van der Waals surface area contributed by atoms with Crippen LogP contribution in [0.4, 0.5) is 0 Å². The number of carbonyl (C=O) groups is 4. The quantitative estimate of drug-likeness (QED) is 0.346. The molecule has 0 rings (SSSR count). The molecule has 0 atom stereocenters. The SMILES string of the molecule is CC(=O)O.O=C(O)CC(O)(CC(=O)O)C(=O)O.[NaH].[NaH]. The standard InChI is InChI=1S/C6H8O7.C2H4O2.2Na.2H/c7-3(8)1-6(13,5(11)12)2-4(9)10;1-2(3)4;;;;/h13H,1-2H2,(H,7,8)(H,9,10)(H,11,12);1H3,(H,3,4);;;;. The number of aliphatic carboxylic acids is 4. The van der Waals surface area contributed by atoms with Gasteiger partial charge in [0.1, 0.15) is 0 Å². The van der Waals surface area contributed by atoms with Crippen molar-refractivity contribution in [2.24, 2.45) is 0 Å². The fourth-order valence-electron chi connectivity index (χ4n) is 0.714. The zero-order chi connectivity index (χ0) is 14.2. The Bertz CT molecular complexity index is 308. The van der Waals surface area contributed by atoms with Gasteiger partial charge in [-0.15, -0.1) is 0 Å². The molecule has 0 saturated heterocycles. The van der Waals surface area contributed by atoms with E-state index in [0.717, 1.165) is 6.92 Å². The van der Waals surface area contributed by atoms with Crippen LogP contribution in [0.15, 0.2) is 0 Å². The van der Waals surface area contributed by atoms with E-state index in [4.69, 9.17) is 30.3 Å². The Morgan fingerprint density at radius 1 is 0.842 bits per heavy atom. The molecule has 11 heteroatoms. The summed E-state index contributed by atoms with van der Waals surface area (Å²) in [6, 6.07) is 0. The molecule has 0 spiro atoms. The van der Waals surface area contributed by atoms with Crippen molar-refractivity contribution in [1.29, 1.82) is 0 Å². The molecule has 5 N–H and O–H groups in total. The molecule has 19 heavy (non-hydrogen) atoms. The molecule has 0 aromatic heterocycles. The Hall–Kier alpha value is -0.160. The molecule has 0 saturated carbocycles. The van der Waals surface area contributed by atoms with Crippen LogP contribution in [0.2, 0.25) is 0 Å². The van der Waals surface area contributed by atoms with Gasteiger partial charge in [-0.2, -0.15) is 0 Å². The van der Waals surface area contributed by atoms with Crippen molar-refractivity contribution in [3.63, 3.8) is 0 Å². The van der Waals surface area contributed by atoms with Crippen LogP contribution in [-0.4, -0.2) is 114 Å². The summed E-state index contributed by atoms with van der Waals surface area (Å²) in [7, 11) is 0. The molecule has 0 aliphatic heterocycles. The van der Waals surface area contributed by atoms with E-state index < -0.39 is 42.3 Å². The predicted octanol–water partition coefficient (Wildman–Crippen LogP) is -2.45. The van der Waals surface area contributed by atoms with E-state index in [9.17, 15) is 14.4 Å². The fraction of sp³-hybridized carbons (Fsp3) is 0.500. The van der Waals surface area contributed by atoms with Crippen LogP contribution < -0.4 is 0 Å². The first-order valence-electron chi connectivity index (χ1n) is 4.10. The molecule has 102 valence electrons. The zero-order valence-electron chi connectivity index (χ0n) is 8.78. The maximum atomic E-state index is 10.3. The van der Waals surface area contributed by atoms with Gasteiger partial charge in [0.15, 0.2) is 5.60 Å². The van der Waals surface area contributed by atoms with E-state index in [-0.39, 0.29) is 59.1 Å². The van der Waals surface area contributed by atoms with E-state index in [1.54, 1.807) is 0 Å². The topological polar surface area (TPSA) is 169 Å². The van der Waals surface area contributed by atoms with Crippen LogP contribution >= 0.6 is 0 Å². The van der Waals surface area contributed by atoms with Gasteiger partial charge >= 0.3 is 77.0 Å². The van der Waals surface area contributed by atoms with Crippen molar-refractivity contribution < 1.29 is 44.7 Å². The molecule has 0 amide bonds. The van der Waals surface area contributed by atoms with Gasteiger partial charge in [-0.25, -0.2) is 4.79 Å². The number of hydrogen-bond donors (Lipinski definition) is 5. The third-order valence-electron chi connectivity index (χ3n) is 1.29. The second-order valence-electron chi connectivity index (χ2n) is 3.00. The van der Waals surface area contributed by atoms with Crippen LogP contribution in [0.5, 0.6) is 0 Å². The van der Waals surface area contributed by atoms with E-state index in [1.807, 2.05) is 0 Å². The molecule has 0 heterocycles. The van der Waals surface area contributed by atoms with E-state index in [0.29, 0.717) is 0 Å². The first-order chi connectivity index (χ1) is 7.51. The number of rotatable bonds is 5. The molecular formula is C8H14Na2O9. The Morgan fingerprint density at radius 3 is 1.16 bits per heavy atom. The third-order valence-corrected chi connectivity index (χ3v) is 1.29. The van der Waals surface area contributed by atoms with Crippen LogP contribution in [0, 0.1) is 0 Å². The van der Waals surface area contributed by atoms with Gasteiger partial charge in [-0.05, 0) is 0 Å². The molecule has 0 radical (unpaired) electrons. The van der Waals surface area contributed by atoms with Crippen molar-refractivity contribution in [2.75, 3.05) is 0 Å². The zero-order valence-corrected chi connectivity index (χ0v) is 8.78. The van der Waals surface area contributed by atoms with Crippen molar-refractivity contribution >= 4 is 83.0 Å². The predicted molar refractivity (Wildman–Crippen MR) is 64.7 cm³/mol. The first kappa shape index (κ1) is 27.2. The maximum absolute atomic E-state index is 10.3. The summed E-state index contributed by atoms with van der Waals surface area (Å²) in [5.41, 5.74) is -2.74. The van der Waals surface area contributed by atoms with Gasteiger partial charge in [0.05, 0.1) is 12.8 Å². The van der Waals surface area contributed by atoms with Crippen molar-refractivity contribution in [1.82, 2.24) is 0 Å². The van der Waals surface area contributed by atoms with Crippen molar-refractivity contribution in [2.45, 2.75) is 25.4 Å². The summed E-state index contributed by atoms with van der Waals surface area (Å²) in [5, 5.41) is 41.2. The van der Waals surface area contributed by atoms with E-state index >= 15 is 0 Å². The normalized spacial score (nSPS) is 8.74. The Kier molecular flexibility index (Phi) is 18.4. The third kappa shape index (κ3) is 17.8. The van der Waals surface area contributed by atoms with Crippen LogP contribution in [0.3, 0.4) is 0 Å². The molecule has 0 fully saturated rings. The van der Waals surface area contributed by atoms with E-state index in [2.05, 4.69) is 0 Å². The van der Waals surface area contributed by atoms with E-state index in [1.165, 1.54) is 0 Å². The van der Waals surface area contributed by atoms with Gasteiger partial charge < -0.3 is 25.5 Å². The second-order valence-corrected chi connectivity index (χ2v) is 3.00. The van der Waals surface area contributed by atoms with Gasteiger partial charge in [-0.1, -0.05) is 0 Å². The molecule has 9 nitrogen and oxygen atoms in total. The monoisotopic (exact) mass is 300 g/mol. The van der Waals surface area contributed by atoms with Crippen molar-refractivity contribution in [3.05, 3.63) is 0 Å². The molecule has 0 aliphatic rings. The number of hydrogen-bond acceptors (Lipinski definition) is 5. The summed E-state index contributed by atoms with van der Waals surface area (Å²) >= 11 is 0. The summed E-state index contributed by atoms with van der Waals surface area (Å²) in [5.74, 6) is -5.85. The molecule has 0 aliphatic carbocycles. The summed E-state index contributed by atoms with van der Waals surface area (Å²) in [6.45, 7) is 1.08. The van der Waals surface area contributed by atoms with Gasteiger partial charge in [-0.3, -0.25) is 14.4 Å². The molecule has 0 unspecified atom stereocenters. The summed E-state index contributed by atoms with van der Waals surface area (Å²) in [4.78, 5) is 39.5. The van der Waals surface area contributed by atoms with Gasteiger partial charge in [0.25, 0.3) is 5.97 Å². The number of carboxylic acid groups (broad SMARTS) is 4. The average Bonchev–Trinajstić information content (AvgIpc) is 1.98. The van der Waals surface area contributed by atoms with Crippen LogP contribution in [0.25, 0.3) is 0 Å². The fourth-order valence-corrected chi connectivity index (χ4v) is 0.714. The molecular weight excluding hydrogens is 286 g/mol. The second kappa shape index (κ2) is 12.9. The van der Waals surface area contributed by atoms with Gasteiger partial charge in [0.2, 0.25) is 0 Å². The average molecular weight is 300 g/mol. The molecule has 0 aromatic carbocycles. The molecule has 0 bridgehead atoms. The summed E-state index contributed by atoms with van der Waals surface area (Å²) < 4.78 is 0. The van der Waals surface area contributed by atoms with Crippen molar-refractivity contribution in [3.8, 4) is 0 Å². The van der Waals surface area contributed by atoms with Crippen LogP contribution in [0.1, 0.15) is 19.8 Å². The van der Waals surface area contributed by atoms with Crippen LogP contribution in [-0.2, 0) is 19.2 Å². The Morgan fingerprint density at radius 2 is 1.05 bits per heavy atom.